The summed E-state index contributed by atoms with van der Waals surface area (Å²) < 4.78 is 6.83. The van der Waals surface area contributed by atoms with E-state index >= 15 is 0 Å². The minimum Gasteiger partial charge on any atom is -0.461 e. The number of nitrogens with two attached hydrogens (primary N) is 1. The third kappa shape index (κ3) is 3.49. The van der Waals surface area contributed by atoms with Crippen molar-refractivity contribution in [2.24, 2.45) is 0 Å². The molecule has 3 aromatic rings. The first-order valence-corrected chi connectivity index (χ1v) is 9.82. The van der Waals surface area contributed by atoms with Gasteiger partial charge in [0.2, 0.25) is 6.54 Å². The van der Waals surface area contributed by atoms with Crippen LogP contribution in [0, 0.1) is 11.4 Å². The summed E-state index contributed by atoms with van der Waals surface area (Å²) in [6, 6.07) is 12.1. The molecule has 2 N–H and O–H groups in total. The first-order valence-electron chi connectivity index (χ1n) is 8.94. The smallest absolute Gasteiger partial charge is 0.371 e. The van der Waals surface area contributed by atoms with E-state index in [9.17, 15) is 9.59 Å². The van der Waals surface area contributed by atoms with Gasteiger partial charge in [-0.25, -0.2) is 4.79 Å². The van der Waals surface area contributed by atoms with Crippen LogP contribution in [0.4, 0.5) is 0 Å². The molecule has 0 saturated carbocycles. The predicted molar refractivity (Wildman–Crippen MR) is 106 cm³/mol. The Morgan fingerprint density at radius 1 is 1.29 bits per heavy atom. The Balaban J connectivity index is 1.60. The van der Waals surface area contributed by atoms with Crippen LogP contribution in [0.25, 0.3) is 10.9 Å². The van der Waals surface area contributed by atoms with E-state index in [-0.39, 0.29) is 18.3 Å². The fourth-order valence-corrected chi connectivity index (χ4v) is 4.06. The van der Waals surface area contributed by atoms with Crippen LogP contribution in [0.1, 0.15) is 22.8 Å². The van der Waals surface area contributed by atoms with Crippen molar-refractivity contribution in [3.05, 3.63) is 77.5 Å². The van der Waals surface area contributed by atoms with E-state index in [0.717, 1.165) is 21.8 Å². The highest BCUT2D eigenvalue weighted by atomic mass is 32.1. The summed E-state index contributed by atoms with van der Waals surface area (Å²) in [7, 11) is 0. The van der Waals surface area contributed by atoms with Crippen LogP contribution in [0.2, 0.25) is 0 Å². The number of fused-ring (bicyclic) bond motifs is 1. The fraction of sp³-hybridized carbons (Fsp3) is 0.143. The highest BCUT2D eigenvalue weighted by molar-refractivity contribution is 7.81. The number of ether oxygens (including phenoxy) is 1. The van der Waals surface area contributed by atoms with E-state index in [4.69, 9.17) is 4.74 Å². The second-order valence-corrected chi connectivity index (χ2v) is 7.17. The van der Waals surface area contributed by atoms with Gasteiger partial charge in [-0.2, -0.15) is 0 Å². The lowest BCUT2D eigenvalue weighted by Crippen LogP contribution is -2.86. The number of hydrogen-bond acceptors (Lipinski definition) is 4. The summed E-state index contributed by atoms with van der Waals surface area (Å²) in [6.45, 7) is 2.18. The molecule has 0 aliphatic carbocycles. The van der Waals surface area contributed by atoms with Crippen LogP contribution in [-0.4, -0.2) is 28.7 Å². The molecule has 7 heteroatoms. The Kier molecular flexibility index (Phi) is 5.10. The van der Waals surface area contributed by atoms with Crippen molar-refractivity contribution in [1.29, 1.82) is 0 Å². The molecular weight excluding hydrogens is 374 g/mol. The molecule has 0 atom stereocenters. The summed E-state index contributed by atoms with van der Waals surface area (Å²) in [6.07, 6.45) is 5.25. The summed E-state index contributed by atoms with van der Waals surface area (Å²) >= 11 is 1.51. The molecule has 0 unspecified atom stereocenters. The number of para-hydroxylation sites is 1. The second-order valence-electron chi connectivity index (χ2n) is 6.26. The first kappa shape index (κ1) is 18.2. The van der Waals surface area contributed by atoms with E-state index in [1.807, 2.05) is 47.1 Å². The highest BCUT2D eigenvalue weighted by Gasteiger charge is 2.33. The van der Waals surface area contributed by atoms with Crippen LogP contribution < -0.4 is 9.88 Å². The van der Waals surface area contributed by atoms with Gasteiger partial charge in [-0.05, 0) is 29.6 Å². The fourth-order valence-electron chi connectivity index (χ4n) is 3.17. The lowest BCUT2D eigenvalue weighted by Gasteiger charge is -2.12. The maximum absolute atomic E-state index is 13.2. The molecule has 3 heterocycles. The molecule has 0 radical (unpaired) electrons. The molecule has 2 aromatic heterocycles. The number of Topliss-reactive ketones (excluding diaryl/α,β-unsaturated/α-hetero) is 1. The van der Waals surface area contributed by atoms with Crippen LogP contribution in [0.3, 0.4) is 0 Å². The van der Waals surface area contributed by atoms with Crippen molar-refractivity contribution < 1.29 is 24.2 Å². The van der Waals surface area contributed by atoms with Crippen molar-refractivity contribution >= 4 is 39.4 Å². The molecule has 0 saturated heterocycles. The zero-order valence-electron chi connectivity index (χ0n) is 15.3. The van der Waals surface area contributed by atoms with Crippen LogP contribution in [0.5, 0.6) is 0 Å². The zero-order valence-corrected chi connectivity index (χ0v) is 16.1. The largest absolute Gasteiger partial charge is 0.461 e. The first-order chi connectivity index (χ1) is 13.7. The quantitative estimate of drug-likeness (QED) is 0.165. The van der Waals surface area contributed by atoms with E-state index < -0.39 is 0 Å². The number of pyridine rings is 1. The minimum absolute atomic E-state index is 0.0646. The van der Waals surface area contributed by atoms with E-state index in [2.05, 4.69) is 4.98 Å². The highest BCUT2D eigenvalue weighted by Crippen LogP contribution is 2.20. The molecule has 0 bridgehead atoms. The molecule has 0 fully saturated rings. The molecule has 142 valence electrons. The van der Waals surface area contributed by atoms with Gasteiger partial charge in [0.05, 0.1) is 18.8 Å². The van der Waals surface area contributed by atoms with Crippen LogP contribution in [0.15, 0.2) is 55.0 Å². The SMILES string of the molecule is CCOC(=O)C[n+]1cc(C(=O)[C-]2C=[S+][C-](c3cccnc3)[NH2+]2)c2cccc[c-]21. The summed E-state index contributed by atoms with van der Waals surface area (Å²) in [5.74, 6) is -0.387. The van der Waals surface area contributed by atoms with Gasteiger partial charge in [0.15, 0.2) is 16.7 Å². The van der Waals surface area contributed by atoms with Gasteiger partial charge >= 0.3 is 5.97 Å². The topological polar surface area (TPSA) is 76.8 Å². The lowest BCUT2D eigenvalue weighted by atomic mass is 10.0. The third-order valence-corrected chi connectivity index (χ3v) is 5.42. The van der Waals surface area contributed by atoms with Crippen LogP contribution >= 0.6 is 0 Å². The average molecular weight is 393 g/mol. The number of aromatic nitrogens is 2. The second kappa shape index (κ2) is 7.84. The van der Waals surface area contributed by atoms with Crippen molar-refractivity contribution in [3.8, 4) is 0 Å². The van der Waals surface area contributed by atoms with Crippen molar-refractivity contribution in [1.82, 2.24) is 4.98 Å². The average Bonchev–Trinajstić information content (AvgIpc) is 3.34. The minimum atomic E-state index is -0.323. The molecule has 1 aliphatic heterocycles. The molecule has 4 rings (SSSR count). The van der Waals surface area contributed by atoms with Crippen molar-refractivity contribution in [3.63, 3.8) is 0 Å². The third-order valence-electron chi connectivity index (χ3n) is 4.45. The number of ketones is 1. The van der Waals surface area contributed by atoms with Gasteiger partial charge < -0.3 is 19.8 Å². The maximum atomic E-state index is 13.2. The molecule has 28 heavy (non-hydrogen) atoms. The normalized spacial score (nSPS) is 13.3. The van der Waals surface area contributed by atoms with Crippen molar-refractivity contribution in [2.45, 2.75) is 13.5 Å². The summed E-state index contributed by atoms with van der Waals surface area (Å²) in [5, 5.41) is 5.57. The number of hydrogen-bond donors (Lipinski definition) is 1. The van der Waals surface area contributed by atoms with E-state index in [0.29, 0.717) is 18.2 Å². The predicted octanol–water partition coefficient (Wildman–Crippen LogP) is 0.519. The lowest BCUT2D eigenvalue weighted by molar-refractivity contribution is -0.658. The Morgan fingerprint density at radius 2 is 2.18 bits per heavy atom. The molecule has 0 amide bonds. The standard InChI is InChI=1S/C21H19N3O3S/c1-2-27-19(25)12-24-11-16(15-7-3-4-8-18(15)24)20(26)17-13-28-21(23-17)14-6-5-9-22-10-14/h3-11,13H,2,12,23H2,1H3. The molecule has 0 spiro atoms. The Bertz CT molecular complexity index is 1050. The number of esters is 1. The summed E-state index contributed by atoms with van der Waals surface area (Å²) in [4.78, 5) is 29.3. The molecular formula is C21H19N3O3S. The molecule has 1 aromatic carbocycles. The Hall–Kier alpha value is -3.16. The molecule has 1 aliphatic rings. The Labute approximate surface area is 166 Å². The van der Waals surface area contributed by atoms with Crippen molar-refractivity contribution in [2.75, 3.05) is 6.61 Å². The van der Waals surface area contributed by atoms with Gasteiger partial charge in [-0.1, -0.05) is 18.3 Å². The molecule has 6 nitrogen and oxygen atoms in total. The number of carbonyl (C=O) groups is 2. The zero-order chi connectivity index (χ0) is 19.5. The monoisotopic (exact) mass is 393 g/mol. The van der Waals surface area contributed by atoms with Gasteiger partial charge in [0.25, 0.3) is 5.37 Å². The van der Waals surface area contributed by atoms with Gasteiger partial charge in [-0.3, -0.25) is 4.57 Å². The van der Waals surface area contributed by atoms with Gasteiger partial charge in [-0.15, -0.1) is 24.3 Å². The number of benzene rings is 1. The van der Waals surface area contributed by atoms with Crippen LogP contribution in [-0.2, 0) is 27.4 Å². The number of carbonyl (C=O) groups excluding carboxylic acids is 2. The van der Waals surface area contributed by atoms with E-state index in [1.54, 1.807) is 30.1 Å². The van der Waals surface area contributed by atoms with Gasteiger partial charge in [0.1, 0.15) is 11.3 Å². The number of quaternary nitrogens is 1. The number of nitrogens with zero attached hydrogens (tertiary/aromatic N) is 2. The van der Waals surface area contributed by atoms with E-state index in [1.165, 1.54) is 11.4 Å². The Morgan fingerprint density at radius 3 is 2.96 bits per heavy atom. The number of rotatable bonds is 6. The van der Waals surface area contributed by atoms with Gasteiger partial charge in [0, 0.05) is 0 Å². The summed E-state index contributed by atoms with van der Waals surface area (Å²) in [5.41, 5.74) is 2.40. The maximum Gasteiger partial charge on any atom is 0.371 e.